The molecular weight excluding hydrogens is 176 g/mol. The molecule has 2 heteroatoms. The average Bonchev–Trinajstić information content (AvgIpc) is 2.76. The lowest BCUT2D eigenvalue weighted by atomic mass is 10.2. The molecule has 0 saturated carbocycles. The molecule has 0 aromatic heterocycles. The summed E-state index contributed by atoms with van der Waals surface area (Å²) >= 11 is 0. The van der Waals surface area contributed by atoms with Crippen LogP contribution in [0.3, 0.4) is 0 Å². The van der Waals surface area contributed by atoms with Crippen LogP contribution in [0.15, 0.2) is 23.5 Å². The van der Waals surface area contributed by atoms with Gasteiger partial charge in [-0.1, -0.05) is 11.6 Å². The third-order valence-corrected chi connectivity index (χ3v) is 2.75. The summed E-state index contributed by atoms with van der Waals surface area (Å²) in [6.07, 6.45) is 11.2. The molecule has 0 unspecified atom stereocenters. The van der Waals surface area contributed by atoms with Gasteiger partial charge in [-0.25, -0.2) is 0 Å². The van der Waals surface area contributed by atoms with E-state index in [-0.39, 0.29) is 5.97 Å². The maximum Gasteiger partial charge on any atom is 0.314 e. The molecule has 2 rings (SSSR count). The van der Waals surface area contributed by atoms with E-state index in [0.29, 0.717) is 6.42 Å². The summed E-state index contributed by atoms with van der Waals surface area (Å²) in [4.78, 5) is 11.5. The van der Waals surface area contributed by atoms with Crippen molar-refractivity contribution in [3.63, 3.8) is 0 Å². The first-order valence-corrected chi connectivity index (χ1v) is 5.42. The molecule has 0 spiro atoms. The second-order valence-corrected chi connectivity index (χ2v) is 3.97. The van der Waals surface area contributed by atoms with Crippen LogP contribution in [0.5, 0.6) is 0 Å². The zero-order valence-electron chi connectivity index (χ0n) is 8.42. The molecule has 0 atom stereocenters. The van der Waals surface area contributed by atoms with Crippen molar-refractivity contribution in [2.24, 2.45) is 0 Å². The first-order chi connectivity index (χ1) is 6.84. The van der Waals surface area contributed by atoms with Gasteiger partial charge in [-0.05, 0) is 38.2 Å². The summed E-state index contributed by atoms with van der Waals surface area (Å²) in [6, 6.07) is 0. The highest BCUT2D eigenvalue weighted by Crippen LogP contribution is 2.23. The molecular formula is C12H16O2. The largest absolute Gasteiger partial charge is 0.431 e. The van der Waals surface area contributed by atoms with Crippen molar-refractivity contribution in [1.29, 1.82) is 0 Å². The second-order valence-electron chi connectivity index (χ2n) is 3.97. The minimum atomic E-state index is -0.0775. The predicted octanol–water partition coefficient (Wildman–Crippen LogP) is 3.10. The zero-order valence-corrected chi connectivity index (χ0v) is 8.42. The Bertz CT molecular complexity index is 259. The Morgan fingerprint density at radius 3 is 2.64 bits per heavy atom. The maximum absolute atomic E-state index is 11.5. The third-order valence-electron chi connectivity index (χ3n) is 2.75. The molecule has 0 saturated heterocycles. The SMILES string of the molecule is O=C(CC1=CCCC1)OC1=CCCC1. The molecule has 0 aliphatic heterocycles. The molecule has 2 nitrogen and oxygen atoms in total. The minimum absolute atomic E-state index is 0.0775. The Balaban J connectivity index is 1.78. The van der Waals surface area contributed by atoms with Gasteiger partial charge in [-0.15, -0.1) is 0 Å². The fourth-order valence-electron chi connectivity index (χ4n) is 2.00. The fourth-order valence-corrected chi connectivity index (χ4v) is 2.00. The van der Waals surface area contributed by atoms with Gasteiger partial charge in [0.05, 0.1) is 6.42 Å². The Labute approximate surface area is 84.6 Å². The number of rotatable bonds is 3. The van der Waals surface area contributed by atoms with E-state index >= 15 is 0 Å². The van der Waals surface area contributed by atoms with E-state index in [1.54, 1.807) is 0 Å². The van der Waals surface area contributed by atoms with Crippen molar-refractivity contribution >= 4 is 5.97 Å². The number of ether oxygens (including phenoxy) is 1. The Kier molecular flexibility index (Phi) is 3.02. The van der Waals surface area contributed by atoms with E-state index in [4.69, 9.17) is 4.74 Å². The van der Waals surface area contributed by atoms with Crippen LogP contribution in [0.25, 0.3) is 0 Å². The van der Waals surface area contributed by atoms with Crippen LogP contribution in [-0.4, -0.2) is 5.97 Å². The standard InChI is InChI=1S/C12H16O2/c13-12(9-10-5-1-2-6-10)14-11-7-3-4-8-11/h5,7H,1-4,6,8-9H2. The van der Waals surface area contributed by atoms with Gasteiger partial charge in [0, 0.05) is 6.42 Å². The van der Waals surface area contributed by atoms with Crippen LogP contribution >= 0.6 is 0 Å². The van der Waals surface area contributed by atoms with Crippen LogP contribution in [0.2, 0.25) is 0 Å². The van der Waals surface area contributed by atoms with E-state index in [9.17, 15) is 4.79 Å². The van der Waals surface area contributed by atoms with Crippen LogP contribution < -0.4 is 0 Å². The van der Waals surface area contributed by atoms with E-state index in [2.05, 4.69) is 6.08 Å². The quantitative estimate of drug-likeness (QED) is 0.507. The second kappa shape index (κ2) is 4.45. The highest BCUT2D eigenvalue weighted by atomic mass is 16.5. The van der Waals surface area contributed by atoms with Crippen LogP contribution in [0.4, 0.5) is 0 Å². The van der Waals surface area contributed by atoms with Gasteiger partial charge >= 0.3 is 5.97 Å². The van der Waals surface area contributed by atoms with Crippen molar-refractivity contribution in [3.8, 4) is 0 Å². The van der Waals surface area contributed by atoms with Crippen molar-refractivity contribution in [2.45, 2.75) is 44.9 Å². The molecule has 0 bridgehead atoms. The smallest absolute Gasteiger partial charge is 0.314 e. The van der Waals surface area contributed by atoms with Crippen molar-refractivity contribution < 1.29 is 9.53 Å². The zero-order chi connectivity index (χ0) is 9.80. The van der Waals surface area contributed by atoms with Gasteiger partial charge < -0.3 is 4.74 Å². The normalized spacial score (nSPS) is 20.6. The summed E-state index contributed by atoms with van der Waals surface area (Å²) in [7, 11) is 0. The highest BCUT2D eigenvalue weighted by molar-refractivity contribution is 5.73. The van der Waals surface area contributed by atoms with Crippen molar-refractivity contribution in [1.82, 2.24) is 0 Å². The first-order valence-electron chi connectivity index (χ1n) is 5.42. The molecule has 0 N–H and O–H groups in total. The number of hydrogen-bond donors (Lipinski definition) is 0. The van der Waals surface area contributed by atoms with Crippen LogP contribution in [0.1, 0.15) is 44.9 Å². The Morgan fingerprint density at radius 2 is 2.00 bits per heavy atom. The minimum Gasteiger partial charge on any atom is -0.431 e. The highest BCUT2D eigenvalue weighted by Gasteiger charge is 2.14. The molecule has 0 fully saturated rings. The monoisotopic (exact) mass is 192 g/mol. The summed E-state index contributed by atoms with van der Waals surface area (Å²) in [5.41, 5.74) is 1.26. The average molecular weight is 192 g/mol. The van der Waals surface area contributed by atoms with E-state index in [1.807, 2.05) is 6.08 Å². The lowest BCUT2D eigenvalue weighted by molar-refractivity contribution is -0.138. The lowest BCUT2D eigenvalue weighted by Gasteiger charge is -2.04. The molecule has 2 aliphatic rings. The van der Waals surface area contributed by atoms with Gasteiger partial charge in [0.25, 0.3) is 0 Å². The van der Waals surface area contributed by atoms with Gasteiger partial charge in [0.2, 0.25) is 0 Å². The van der Waals surface area contributed by atoms with Gasteiger partial charge in [0.1, 0.15) is 5.76 Å². The number of hydrogen-bond acceptors (Lipinski definition) is 2. The van der Waals surface area contributed by atoms with Gasteiger partial charge in [-0.2, -0.15) is 0 Å². The molecule has 0 heterocycles. The molecule has 0 radical (unpaired) electrons. The van der Waals surface area contributed by atoms with Crippen LogP contribution in [0, 0.1) is 0 Å². The lowest BCUT2D eigenvalue weighted by Crippen LogP contribution is -2.03. The molecule has 0 aromatic rings. The van der Waals surface area contributed by atoms with E-state index in [0.717, 1.165) is 37.9 Å². The third kappa shape index (κ3) is 2.47. The Hall–Kier alpha value is -1.05. The maximum atomic E-state index is 11.5. The molecule has 0 aromatic carbocycles. The van der Waals surface area contributed by atoms with Gasteiger partial charge in [0.15, 0.2) is 0 Å². The number of allylic oxidation sites excluding steroid dienone is 3. The first kappa shape index (κ1) is 9.50. The summed E-state index contributed by atoms with van der Waals surface area (Å²) < 4.78 is 5.25. The van der Waals surface area contributed by atoms with Crippen LogP contribution in [-0.2, 0) is 9.53 Å². The number of carbonyl (C=O) groups is 1. The summed E-state index contributed by atoms with van der Waals surface area (Å²) in [5, 5.41) is 0. The van der Waals surface area contributed by atoms with E-state index < -0.39 is 0 Å². The summed E-state index contributed by atoms with van der Waals surface area (Å²) in [6.45, 7) is 0. The van der Waals surface area contributed by atoms with Crippen molar-refractivity contribution in [3.05, 3.63) is 23.5 Å². The predicted molar refractivity (Wildman–Crippen MR) is 54.6 cm³/mol. The Morgan fingerprint density at radius 1 is 1.21 bits per heavy atom. The fraction of sp³-hybridized carbons (Fsp3) is 0.583. The van der Waals surface area contributed by atoms with E-state index in [1.165, 1.54) is 12.0 Å². The molecule has 0 amide bonds. The summed E-state index contributed by atoms with van der Waals surface area (Å²) in [5.74, 6) is 0.805. The molecule has 14 heavy (non-hydrogen) atoms. The molecule has 76 valence electrons. The number of carbonyl (C=O) groups excluding carboxylic acids is 1. The van der Waals surface area contributed by atoms with Crippen molar-refractivity contribution in [2.75, 3.05) is 0 Å². The topological polar surface area (TPSA) is 26.3 Å². The molecule has 2 aliphatic carbocycles. The number of esters is 1. The van der Waals surface area contributed by atoms with Gasteiger partial charge in [-0.3, -0.25) is 4.79 Å².